The van der Waals surface area contributed by atoms with Gasteiger partial charge in [-0.3, -0.25) is 4.79 Å². The van der Waals surface area contributed by atoms with E-state index in [2.05, 4.69) is 20.8 Å². The van der Waals surface area contributed by atoms with Crippen LogP contribution in [0.15, 0.2) is 78.0 Å². The van der Waals surface area contributed by atoms with Gasteiger partial charge in [-0.05, 0) is 64.9 Å². The maximum Gasteiger partial charge on any atom is 0.231 e. The molecule has 0 saturated carbocycles. The first-order valence-electron chi connectivity index (χ1n) is 10.6. The smallest absolute Gasteiger partial charge is 0.231 e. The molecule has 0 spiro atoms. The SMILES string of the molecule is COc1ccc(C(NC(=O)CSc2nnnn2-c2ccc(C)cc2)c2ccc(OC)cc2)cc1. The van der Waals surface area contributed by atoms with Crippen molar-refractivity contribution in [1.82, 2.24) is 25.5 Å². The number of aromatic nitrogens is 4. The molecule has 1 N–H and O–H groups in total. The molecule has 34 heavy (non-hydrogen) atoms. The molecular weight excluding hydrogens is 450 g/mol. The fourth-order valence-corrected chi connectivity index (χ4v) is 4.10. The van der Waals surface area contributed by atoms with Gasteiger partial charge in [0.2, 0.25) is 11.1 Å². The van der Waals surface area contributed by atoms with Crippen molar-refractivity contribution in [3.8, 4) is 17.2 Å². The Morgan fingerprint density at radius 2 is 1.47 bits per heavy atom. The van der Waals surface area contributed by atoms with E-state index in [1.807, 2.05) is 79.7 Å². The summed E-state index contributed by atoms with van der Waals surface area (Å²) in [5.74, 6) is 1.53. The zero-order chi connectivity index (χ0) is 23.9. The minimum absolute atomic E-state index is 0.139. The molecule has 0 saturated heterocycles. The fourth-order valence-electron chi connectivity index (χ4n) is 3.40. The van der Waals surface area contributed by atoms with Gasteiger partial charge in [-0.15, -0.1) is 5.10 Å². The minimum Gasteiger partial charge on any atom is -0.497 e. The summed E-state index contributed by atoms with van der Waals surface area (Å²) in [6.45, 7) is 2.02. The van der Waals surface area contributed by atoms with Gasteiger partial charge in [0, 0.05) is 0 Å². The number of thioether (sulfide) groups is 1. The van der Waals surface area contributed by atoms with Crippen LogP contribution in [0.25, 0.3) is 5.69 Å². The van der Waals surface area contributed by atoms with E-state index >= 15 is 0 Å². The maximum atomic E-state index is 13.0. The topological polar surface area (TPSA) is 91.2 Å². The Kier molecular flexibility index (Phi) is 7.44. The second kappa shape index (κ2) is 10.8. The van der Waals surface area contributed by atoms with Crippen molar-refractivity contribution in [3.63, 3.8) is 0 Å². The molecule has 0 fully saturated rings. The summed E-state index contributed by atoms with van der Waals surface area (Å²) >= 11 is 1.28. The van der Waals surface area contributed by atoms with Gasteiger partial charge in [0.05, 0.1) is 31.7 Å². The van der Waals surface area contributed by atoms with Crippen molar-refractivity contribution < 1.29 is 14.3 Å². The minimum atomic E-state index is -0.335. The Bertz CT molecular complexity index is 1180. The van der Waals surface area contributed by atoms with Gasteiger partial charge in [0.25, 0.3) is 0 Å². The highest BCUT2D eigenvalue weighted by Gasteiger charge is 2.19. The molecule has 0 aliphatic rings. The largest absolute Gasteiger partial charge is 0.497 e. The number of hydrogen-bond donors (Lipinski definition) is 1. The fraction of sp³-hybridized carbons (Fsp3) is 0.200. The van der Waals surface area contributed by atoms with E-state index in [4.69, 9.17) is 9.47 Å². The van der Waals surface area contributed by atoms with Crippen molar-refractivity contribution in [1.29, 1.82) is 0 Å². The van der Waals surface area contributed by atoms with Crippen molar-refractivity contribution in [2.24, 2.45) is 0 Å². The summed E-state index contributed by atoms with van der Waals surface area (Å²) in [7, 11) is 3.25. The molecule has 0 radical (unpaired) electrons. The van der Waals surface area contributed by atoms with Crippen LogP contribution >= 0.6 is 11.8 Å². The summed E-state index contributed by atoms with van der Waals surface area (Å²) < 4.78 is 12.2. The van der Waals surface area contributed by atoms with E-state index in [-0.39, 0.29) is 17.7 Å². The lowest BCUT2D eigenvalue weighted by molar-refractivity contribution is -0.119. The van der Waals surface area contributed by atoms with E-state index in [0.717, 1.165) is 33.9 Å². The normalized spacial score (nSPS) is 10.8. The van der Waals surface area contributed by atoms with Crippen LogP contribution in [0.4, 0.5) is 0 Å². The number of benzene rings is 3. The van der Waals surface area contributed by atoms with E-state index in [0.29, 0.717) is 5.16 Å². The Morgan fingerprint density at radius 3 is 2.00 bits per heavy atom. The second-order valence-corrected chi connectivity index (χ2v) is 8.49. The summed E-state index contributed by atoms with van der Waals surface area (Å²) in [5, 5.41) is 15.6. The first-order valence-corrected chi connectivity index (χ1v) is 11.6. The number of carbonyl (C=O) groups excluding carboxylic acids is 1. The number of hydrogen-bond acceptors (Lipinski definition) is 7. The van der Waals surface area contributed by atoms with Crippen LogP contribution < -0.4 is 14.8 Å². The Balaban J connectivity index is 1.49. The van der Waals surface area contributed by atoms with Gasteiger partial charge in [-0.1, -0.05) is 53.7 Å². The molecule has 174 valence electrons. The Morgan fingerprint density at radius 1 is 0.912 bits per heavy atom. The number of nitrogens with one attached hydrogen (secondary N) is 1. The molecule has 1 aromatic heterocycles. The second-order valence-electron chi connectivity index (χ2n) is 7.54. The van der Waals surface area contributed by atoms with Crippen LogP contribution in [0.5, 0.6) is 11.5 Å². The summed E-state index contributed by atoms with van der Waals surface area (Å²) in [4.78, 5) is 13.0. The van der Waals surface area contributed by atoms with Gasteiger partial charge in [0.1, 0.15) is 11.5 Å². The molecule has 0 aliphatic heterocycles. The van der Waals surface area contributed by atoms with Crippen molar-refractivity contribution in [3.05, 3.63) is 89.5 Å². The number of nitrogens with zero attached hydrogens (tertiary/aromatic N) is 4. The quantitative estimate of drug-likeness (QED) is 0.366. The number of methoxy groups -OCH3 is 2. The molecular formula is C25H25N5O3S. The third kappa shape index (κ3) is 5.55. The van der Waals surface area contributed by atoms with Crippen molar-refractivity contribution in [2.75, 3.05) is 20.0 Å². The molecule has 1 amide bonds. The zero-order valence-corrected chi connectivity index (χ0v) is 20.0. The van der Waals surface area contributed by atoms with Crippen LogP contribution in [0.3, 0.4) is 0 Å². The molecule has 0 atom stereocenters. The van der Waals surface area contributed by atoms with Gasteiger partial charge >= 0.3 is 0 Å². The molecule has 0 aliphatic carbocycles. The van der Waals surface area contributed by atoms with Gasteiger partial charge in [-0.25, -0.2) is 0 Å². The van der Waals surface area contributed by atoms with E-state index in [1.54, 1.807) is 18.9 Å². The molecule has 1 heterocycles. The number of aryl methyl sites for hydroxylation is 1. The highest BCUT2D eigenvalue weighted by molar-refractivity contribution is 7.99. The molecule has 0 bridgehead atoms. The molecule has 4 rings (SSSR count). The molecule has 3 aromatic carbocycles. The Hall–Kier alpha value is -3.85. The summed E-state index contributed by atoms with van der Waals surface area (Å²) in [6.07, 6.45) is 0. The third-order valence-electron chi connectivity index (χ3n) is 5.26. The standard InChI is InChI=1S/C25H25N5O3S/c1-17-4-10-20(11-5-17)30-25(27-28-29-30)34-16-23(31)26-24(18-6-12-21(32-2)13-7-18)19-8-14-22(33-3)15-9-19/h4-15,24H,16H2,1-3H3,(H,26,31). The number of tetrazole rings is 1. The van der Waals surface area contributed by atoms with E-state index < -0.39 is 0 Å². The lowest BCUT2D eigenvalue weighted by Crippen LogP contribution is -2.30. The number of amides is 1. The highest BCUT2D eigenvalue weighted by atomic mass is 32.2. The van der Waals surface area contributed by atoms with Crippen LogP contribution in [0, 0.1) is 6.92 Å². The molecule has 4 aromatic rings. The lowest BCUT2D eigenvalue weighted by atomic mass is 9.98. The lowest BCUT2D eigenvalue weighted by Gasteiger charge is -2.20. The van der Waals surface area contributed by atoms with E-state index in [9.17, 15) is 4.79 Å². The number of carbonyl (C=O) groups is 1. The van der Waals surface area contributed by atoms with Crippen LogP contribution in [-0.2, 0) is 4.79 Å². The van der Waals surface area contributed by atoms with Crippen LogP contribution in [-0.4, -0.2) is 46.1 Å². The van der Waals surface area contributed by atoms with Crippen LogP contribution in [0.2, 0.25) is 0 Å². The monoisotopic (exact) mass is 475 g/mol. The van der Waals surface area contributed by atoms with Gasteiger partial charge in [0.15, 0.2) is 0 Å². The average molecular weight is 476 g/mol. The predicted octanol–water partition coefficient (Wildman–Crippen LogP) is 3.99. The molecule has 9 heteroatoms. The first-order chi connectivity index (χ1) is 16.6. The maximum absolute atomic E-state index is 13.0. The number of rotatable bonds is 9. The summed E-state index contributed by atoms with van der Waals surface area (Å²) in [5.41, 5.74) is 3.86. The first kappa shape index (κ1) is 23.3. The number of ether oxygens (including phenoxy) is 2. The third-order valence-corrected chi connectivity index (χ3v) is 6.17. The summed E-state index contributed by atoms with van der Waals surface area (Å²) in [6, 6.07) is 22.8. The average Bonchev–Trinajstić information content (AvgIpc) is 3.35. The zero-order valence-electron chi connectivity index (χ0n) is 19.1. The molecule has 0 unspecified atom stereocenters. The predicted molar refractivity (Wildman–Crippen MR) is 131 cm³/mol. The van der Waals surface area contributed by atoms with Crippen molar-refractivity contribution >= 4 is 17.7 Å². The van der Waals surface area contributed by atoms with Crippen LogP contribution in [0.1, 0.15) is 22.7 Å². The van der Waals surface area contributed by atoms with Gasteiger partial charge in [-0.2, -0.15) is 4.68 Å². The van der Waals surface area contributed by atoms with Crippen molar-refractivity contribution in [2.45, 2.75) is 18.1 Å². The van der Waals surface area contributed by atoms with E-state index in [1.165, 1.54) is 11.8 Å². The highest BCUT2D eigenvalue weighted by Crippen LogP contribution is 2.26. The van der Waals surface area contributed by atoms with Gasteiger partial charge < -0.3 is 14.8 Å². The molecule has 8 nitrogen and oxygen atoms in total. The Labute approximate surface area is 202 Å².